The maximum absolute atomic E-state index is 12.5. The van der Waals surface area contributed by atoms with Crippen molar-refractivity contribution in [3.63, 3.8) is 0 Å². The number of amides is 1. The van der Waals surface area contributed by atoms with Gasteiger partial charge in [0.15, 0.2) is 5.13 Å². The number of aryl methyl sites for hydroxylation is 1. The van der Waals surface area contributed by atoms with Crippen LogP contribution in [0, 0.1) is 0 Å². The first-order chi connectivity index (χ1) is 12.1. The molecular weight excluding hydrogens is 336 g/mol. The SMILES string of the molecule is CCc1ccc2nc(NC(=O)c3cc4ccccc4oc3=O)sc2c1. The second kappa shape index (κ2) is 6.14. The molecule has 0 radical (unpaired) electrons. The van der Waals surface area contributed by atoms with Gasteiger partial charge in [-0.15, -0.1) is 0 Å². The zero-order valence-electron chi connectivity index (χ0n) is 13.4. The molecule has 2 aromatic carbocycles. The maximum Gasteiger partial charge on any atom is 0.349 e. The molecule has 0 saturated carbocycles. The van der Waals surface area contributed by atoms with Gasteiger partial charge in [0.1, 0.15) is 11.1 Å². The molecule has 4 aromatic rings. The summed E-state index contributed by atoms with van der Waals surface area (Å²) in [4.78, 5) is 28.9. The van der Waals surface area contributed by atoms with Gasteiger partial charge in [0, 0.05) is 5.39 Å². The Bertz CT molecular complexity index is 1160. The van der Waals surface area contributed by atoms with E-state index in [1.165, 1.54) is 16.9 Å². The fraction of sp³-hybridized carbons (Fsp3) is 0.105. The molecular formula is C19H14N2O3S. The highest BCUT2D eigenvalue weighted by Crippen LogP contribution is 2.27. The maximum atomic E-state index is 12.5. The van der Waals surface area contributed by atoms with Crippen LogP contribution in [0.15, 0.2) is 57.7 Å². The Morgan fingerprint density at radius 1 is 1.20 bits per heavy atom. The lowest BCUT2D eigenvalue weighted by Gasteiger charge is -2.02. The fourth-order valence-corrected chi connectivity index (χ4v) is 3.55. The molecule has 0 bridgehead atoms. The normalized spacial score (nSPS) is 11.1. The van der Waals surface area contributed by atoms with E-state index < -0.39 is 11.5 Å². The largest absolute Gasteiger partial charge is 0.422 e. The molecule has 2 heterocycles. The van der Waals surface area contributed by atoms with E-state index in [1.54, 1.807) is 24.3 Å². The fourth-order valence-electron chi connectivity index (χ4n) is 2.63. The van der Waals surface area contributed by atoms with Crippen molar-refractivity contribution < 1.29 is 9.21 Å². The van der Waals surface area contributed by atoms with Crippen molar-refractivity contribution >= 4 is 43.6 Å². The van der Waals surface area contributed by atoms with Gasteiger partial charge >= 0.3 is 5.63 Å². The van der Waals surface area contributed by atoms with Crippen molar-refractivity contribution in [1.29, 1.82) is 0 Å². The Balaban J connectivity index is 1.68. The highest BCUT2D eigenvalue weighted by atomic mass is 32.1. The number of benzene rings is 2. The first-order valence-corrected chi connectivity index (χ1v) is 8.69. The number of rotatable bonds is 3. The molecule has 0 aliphatic carbocycles. The Hall–Kier alpha value is -2.99. The van der Waals surface area contributed by atoms with Gasteiger partial charge in [0.2, 0.25) is 0 Å². The van der Waals surface area contributed by atoms with Crippen molar-refractivity contribution in [1.82, 2.24) is 4.98 Å². The molecule has 0 saturated heterocycles. The quantitative estimate of drug-likeness (QED) is 0.562. The first kappa shape index (κ1) is 15.5. The third-order valence-electron chi connectivity index (χ3n) is 3.97. The lowest BCUT2D eigenvalue weighted by molar-refractivity contribution is 0.102. The number of hydrogen-bond acceptors (Lipinski definition) is 5. The van der Waals surface area contributed by atoms with Crippen molar-refractivity contribution in [2.24, 2.45) is 0 Å². The Kier molecular flexibility index (Phi) is 3.82. The highest BCUT2D eigenvalue weighted by molar-refractivity contribution is 7.22. The minimum Gasteiger partial charge on any atom is -0.422 e. The number of anilines is 1. The molecule has 2 aromatic heterocycles. The second-order valence-electron chi connectivity index (χ2n) is 5.61. The van der Waals surface area contributed by atoms with E-state index in [1.807, 2.05) is 18.2 Å². The molecule has 4 rings (SSSR count). The molecule has 1 N–H and O–H groups in total. The summed E-state index contributed by atoms with van der Waals surface area (Å²) in [7, 11) is 0. The number of aromatic nitrogens is 1. The van der Waals surface area contributed by atoms with E-state index in [4.69, 9.17) is 4.42 Å². The number of carbonyl (C=O) groups is 1. The molecule has 6 heteroatoms. The molecule has 124 valence electrons. The van der Waals surface area contributed by atoms with Gasteiger partial charge in [0.05, 0.1) is 10.2 Å². The lowest BCUT2D eigenvalue weighted by Crippen LogP contribution is -2.20. The Labute approximate surface area is 146 Å². The summed E-state index contributed by atoms with van der Waals surface area (Å²) < 4.78 is 6.21. The van der Waals surface area contributed by atoms with Crippen molar-refractivity contribution in [2.75, 3.05) is 5.32 Å². The van der Waals surface area contributed by atoms with Gasteiger partial charge in [-0.05, 0) is 36.2 Å². The van der Waals surface area contributed by atoms with Crippen LogP contribution >= 0.6 is 11.3 Å². The number of hydrogen-bond donors (Lipinski definition) is 1. The van der Waals surface area contributed by atoms with Crippen LogP contribution in [0.2, 0.25) is 0 Å². The van der Waals surface area contributed by atoms with Gasteiger partial charge in [-0.3, -0.25) is 10.1 Å². The lowest BCUT2D eigenvalue weighted by atomic mass is 10.2. The Morgan fingerprint density at radius 3 is 2.88 bits per heavy atom. The van der Waals surface area contributed by atoms with E-state index in [-0.39, 0.29) is 5.56 Å². The molecule has 5 nitrogen and oxygen atoms in total. The predicted molar refractivity (Wildman–Crippen MR) is 99.4 cm³/mol. The summed E-state index contributed by atoms with van der Waals surface area (Å²) in [5.74, 6) is -0.519. The minimum atomic E-state index is -0.661. The van der Waals surface area contributed by atoms with Crippen LogP contribution < -0.4 is 10.9 Å². The molecule has 0 spiro atoms. The molecule has 0 aliphatic heterocycles. The number of nitrogens with zero attached hydrogens (tertiary/aromatic N) is 1. The predicted octanol–water partition coefficient (Wildman–Crippen LogP) is 4.22. The second-order valence-corrected chi connectivity index (χ2v) is 6.64. The van der Waals surface area contributed by atoms with Crippen LogP contribution in [-0.2, 0) is 6.42 Å². The van der Waals surface area contributed by atoms with Gasteiger partial charge < -0.3 is 4.42 Å². The van der Waals surface area contributed by atoms with Crippen LogP contribution in [0.1, 0.15) is 22.8 Å². The van der Waals surface area contributed by atoms with Gasteiger partial charge in [-0.25, -0.2) is 9.78 Å². The zero-order valence-corrected chi connectivity index (χ0v) is 14.2. The number of nitrogens with one attached hydrogen (secondary N) is 1. The standard InChI is InChI=1S/C19H14N2O3S/c1-2-11-7-8-14-16(9-11)25-19(20-14)21-17(22)13-10-12-5-3-4-6-15(12)24-18(13)23/h3-10H,2H2,1H3,(H,20,21,22). The smallest absolute Gasteiger partial charge is 0.349 e. The van der Waals surface area contributed by atoms with Gasteiger partial charge in [0.25, 0.3) is 5.91 Å². The third kappa shape index (κ3) is 2.92. The number of carbonyl (C=O) groups excluding carboxylic acids is 1. The number of para-hydroxylation sites is 1. The van der Waals surface area contributed by atoms with Gasteiger partial charge in [-0.1, -0.05) is 42.5 Å². The molecule has 0 unspecified atom stereocenters. The molecule has 1 amide bonds. The zero-order chi connectivity index (χ0) is 17.4. The Morgan fingerprint density at radius 2 is 2.04 bits per heavy atom. The van der Waals surface area contributed by atoms with Crippen LogP contribution in [0.3, 0.4) is 0 Å². The monoisotopic (exact) mass is 350 g/mol. The van der Waals surface area contributed by atoms with Crippen LogP contribution in [0.25, 0.3) is 21.2 Å². The topological polar surface area (TPSA) is 72.2 Å². The molecule has 0 aliphatic rings. The summed E-state index contributed by atoms with van der Waals surface area (Å²) in [6.45, 7) is 2.09. The average Bonchev–Trinajstić information content (AvgIpc) is 3.02. The summed E-state index contributed by atoms with van der Waals surface area (Å²) in [6, 6.07) is 14.6. The summed E-state index contributed by atoms with van der Waals surface area (Å²) >= 11 is 1.38. The van der Waals surface area contributed by atoms with Crippen molar-refractivity contribution in [3.8, 4) is 0 Å². The van der Waals surface area contributed by atoms with Crippen LogP contribution in [0.5, 0.6) is 0 Å². The average molecular weight is 350 g/mol. The van der Waals surface area contributed by atoms with E-state index in [9.17, 15) is 9.59 Å². The van der Waals surface area contributed by atoms with E-state index in [2.05, 4.69) is 23.3 Å². The van der Waals surface area contributed by atoms with Crippen LogP contribution in [0.4, 0.5) is 5.13 Å². The van der Waals surface area contributed by atoms with Crippen LogP contribution in [-0.4, -0.2) is 10.9 Å². The molecule has 25 heavy (non-hydrogen) atoms. The summed E-state index contributed by atoms with van der Waals surface area (Å²) in [5.41, 5.74) is 1.79. The minimum absolute atomic E-state index is 0.0350. The molecule has 0 fully saturated rings. The van der Waals surface area contributed by atoms with E-state index in [0.29, 0.717) is 16.1 Å². The van der Waals surface area contributed by atoms with E-state index >= 15 is 0 Å². The first-order valence-electron chi connectivity index (χ1n) is 7.88. The molecule has 0 atom stereocenters. The number of fused-ring (bicyclic) bond motifs is 2. The van der Waals surface area contributed by atoms with Crippen molar-refractivity contribution in [2.45, 2.75) is 13.3 Å². The van der Waals surface area contributed by atoms with Crippen molar-refractivity contribution in [3.05, 3.63) is 70.1 Å². The highest BCUT2D eigenvalue weighted by Gasteiger charge is 2.15. The summed E-state index contributed by atoms with van der Waals surface area (Å²) in [6.07, 6.45) is 0.938. The third-order valence-corrected chi connectivity index (χ3v) is 4.90. The number of thiazole rings is 1. The van der Waals surface area contributed by atoms with E-state index in [0.717, 1.165) is 16.6 Å². The van der Waals surface area contributed by atoms with Gasteiger partial charge in [-0.2, -0.15) is 0 Å². The summed E-state index contributed by atoms with van der Waals surface area (Å²) in [5, 5.41) is 3.86.